The Labute approximate surface area is 141 Å². The maximum Gasteiger partial charge on any atom is 0.412 e. The number of nitrogen functional groups attached to an aromatic ring is 1. The van der Waals surface area contributed by atoms with Gasteiger partial charge in [0.15, 0.2) is 0 Å². The lowest BCUT2D eigenvalue weighted by molar-refractivity contribution is 0.0635. The lowest BCUT2D eigenvalue weighted by Gasteiger charge is -2.19. The van der Waals surface area contributed by atoms with Crippen molar-refractivity contribution in [2.75, 3.05) is 16.4 Å². The fourth-order valence-electron chi connectivity index (χ4n) is 1.96. The first-order chi connectivity index (χ1) is 11.2. The number of nitrogens with one attached hydrogen (secondary N) is 2. The number of benzene rings is 2. The van der Waals surface area contributed by atoms with E-state index in [0.29, 0.717) is 22.6 Å². The van der Waals surface area contributed by atoms with Crippen molar-refractivity contribution in [3.8, 4) is 0 Å². The summed E-state index contributed by atoms with van der Waals surface area (Å²) in [6.45, 7) is 5.38. The van der Waals surface area contributed by atoms with E-state index < -0.39 is 11.7 Å². The molecule has 0 unspecified atom stereocenters. The third-order valence-electron chi connectivity index (χ3n) is 2.99. The van der Waals surface area contributed by atoms with Gasteiger partial charge in [-0.05, 0) is 57.2 Å². The van der Waals surface area contributed by atoms with E-state index in [1.807, 2.05) is 0 Å². The van der Waals surface area contributed by atoms with E-state index in [1.165, 1.54) is 0 Å². The summed E-state index contributed by atoms with van der Waals surface area (Å²) in [6, 6.07) is 13.6. The number of amides is 2. The van der Waals surface area contributed by atoms with Crippen LogP contribution in [0, 0.1) is 0 Å². The van der Waals surface area contributed by atoms with Crippen molar-refractivity contribution in [1.29, 1.82) is 0 Å². The molecule has 0 atom stereocenters. The lowest BCUT2D eigenvalue weighted by atomic mass is 10.1. The zero-order chi connectivity index (χ0) is 17.7. The maximum atomic E-state index is 12.2. The molecular weight excluding hydrogens is 306 g/mol. The van der Waals surface area contributed by atoms with Crippen LogP contribution in [-0.2, 0) is 4.74 Å². The van der Waals surface area contributed by atoms with Gasteiger partial charge in [-0.2, -0.15) is 0 Å². The Bertz CT molecular complexity index is 734. The average molecular weight is 327 g/mol. The third-order valence-corrected chi connectivity index (χ3v) is 2.99. The van der Waals surface area contributed by atoms with Gasteiger partial charge >= 0.3 is 6.09 Å². The van der Waals surface area contributed by atoms with E-state index in [9.17, 15) is 9.59 Å². The maximum absolute atomic E-state index is 12.2. The molecule has 24 heavy (non-hydrogen) atoms. The Kier molecular flexibility index (Phi) is 5.08. The van der Waals surface area contributed by atoms with Crippen LogP contribution in [0.5, 0.6) is 0 Å². The number of rotatable bonds is 3. The predicted octanol–water partition coefficient (Wildman–Crippen LogP) is 3.87. The molecule has 4 N–H and O–H groups in total. The smallest absolute Gasteiger partial charge is 0.412 e. The molecule has 0 aromatic heterocycles. The molecule has 0 aliphatic rings. The van der Waals surface area contributed by atoms with Crippen LogP contribution in [0.15, 0.2) is 48.5 Å². The van der Waals surface area contributed by atoms with Crippen molar-refractivity contribution in [1.82, 2.24) is 0 Å². The second-order valence-corrected chi connectivity index (χ2v) is 6.25. The number of hydrogen-bond donors (Lipinski definition) is 3. The van der Waals surface area contributed by atoms with Gasteiger partial charge in [-0.3, -0.25) is 10.1 Å². The van der Waals surface area contributed by atoms with Crippen LogP contribution in [-0.4, -0.2) is 17.6 Å². The van der Waals surface area contributed by atoms with Crippen LogP contribution >= 0.6 is 0 Å². The van der Waals surface area contributed by atoms with E-state index in [0.717, 1.165) is 0 Å². The van der Waals surface area contributed by atoms with E-state index in [2.05, 4.69) is 10.6 Å². The summed E-state index contributed by atoms with van der Waals surface area (Å²) in [4.78, 5) is 23.9. The highest BCUT2D eigenvalue weighted by atomic mass is 16.6. The van der Waals surface area contributed by atoms with Gasteiger partial charge in [0.25, 0.3) is 5.91 Å². The van der Waals surface area contributed by atoms with E-state index in [1.54, 1.807) is 69.3 Å². The molecule has 0 aliphatic carbocycles. The third kappa shape index (κ3) is 5.01. The van der Waals surface area contributed by atoms with Crippen molar-refractivity contribution in [2.24, 2.45) is 0 Å². The topological polar surface area (TPSA) is 93.5 Å². The summed E-state index contributed by atoms with van der Waals surface area (Å²) in [7, 11) is 0. The standard InChI is InChI=1S/C18H21N3O3/c1-18(2,3)24-17(23)21-13-10-8-12(9-11-13)20-16(22)14-6-4-5-7-15(14)19/h4-11H,19H2,1-3H3,(H,20,22)(H,21,23). The molecular formula is C18H21N3O3. The number of anilines is 3. The second-order valence-electron chi connectivity index (χ2n) is 6.25. The monoisotopic (exact) mass is 327 g/mol. The summed E-state index contributed by atoms with van der Waals surface area (Å²) >= 11 is 0. The Morgan fingerprint density at radius 1 is 0.917 bits per heavy atom. The first kappa shape index (κ1) is 17.3. The first-order valence-corrected chi connectivity index (χ1v) is 7.50. The molecule has 2 aromatic rings. The molecule has 126 valence electrons. The normalized spacial score (nSPS) is 10.8. The second kappa shape index (κ2) is 7.04. The Morgan fingerprint density at radius 2 is 1.46 bits per heavy atom. The van der Waals surface area contributed by atoms with Gasteiger partial charge in [0, 0.05) is 17.1 Å². The quantitative estimate of drug-likeness (QED) is 0.746. The Morgan fingerprint density at radius 3 is 2.00 bits per heavy atom. The van der Waals surface area contributed by atoms with E-state index in [-0.39, 0.29) is 5.91 Å². The minimum atomic E-state index is -0.562. The molecule has 0 heterocycles. The van der Waals surface area contributed by atoms with E-state index in [4.69, 9.17) is 10.5 Å². The highest BCUT2D eigenvalue weighted by Crippen LogP contribution is 2.17. The SMILES string of the molecule is CC(C)(C)OC(=O)Nc1ccc(NC(=O)c2ccccc2N)cc1. The summed E-state index contributed by atoms with van der Waals surface area (Å²) < 4.78 is 5.17. The van der Waals surface area contributed by atoms with Gasteiger partial charge in [0.05, 0.1) is 5.56 Å². The Hall–Kier alpha value is -3.02. The minimum Gasteiger partial charge on any atom is -0.444 e. The van der Waals surface area contributed by atoms with Gasteiger partial charge in [-0.1, -0.05) is 12.1 Å². The van der Waals surface area contributed by atoms with E-state index >= 15 is 0 Å². The van der Waals surface area contributed by atoms with Gasteiger partial charge in [0.1, 0.15) is 5.60 Å². The predicted molar refractivity (Wildman–Crippen MR) is 95.1 cm³/mol. The molecule has 6 nitrogen and oxygen atoms in total. The Balaban J connectivity index is 1.98. The van der Waals surface area contributed by atoms with Gasteiger partial charge < -0.3 is 15.8 Å². The van der Waals surface area contributed by atoms with Crippen LogP contribution < -0.4 is 16.4 Å². The molecule has 0 fully saturated rings. The first-order valence-electron chi connectivity index (χ1n) is 7.50. The number of carbonyl (C=O) groups excluding carboxylic acids is 2. The van der Waals surface area contributed by atoms with Crippen molar-refractivity contribution in [3.05, 3.63) is 54.1 Å². The number of carbonyl (C=O) groups is 2. The zero-order valence-electron chi connectivity index (χ0n) is 13.9. The largest absolute Gasteiger partial charge is 0.444 e. The molecule has 2 amide bonds. The molecule has 0 saturated heterocycles. The number of hydrogen-bond acceptors (Lipinski definition) is 4. The van der Waals surface area contributed by atoms with Gasteiger partial charge in [-0.15, -0.1) is 0 Å². The molecule has 0 aliphatic heterocycles. The summed E-state index contributed by atoms with van der Waals surface area (Å²) in [5, 5.41) is 5.38. The van der Waals surface area contributed by atoms with Crippen LogP contribution in [0.1, 0.15) is 31.1 Å². The molecule has 0 saturated carbocycles. The molecule has 2 rings (SSSR count). The van der Waals surface area contributed by atoms with Gasteiger partial charge in [0.2, 0.25) is 0 Å². The zero-order valence-corrected chi connectivity index (χ0v) is 13.9. The average Bonchev–Trinajstić information content (AvgIpc) is 2.47. The summed E-state index contributed by atoms with van der Waals surface area (Å²) in [5.74, 6) is -0.291. The highest BCUT2D eigenvalue weighted by molar-refractivity contribution is 6.07. The van der Waals surface area contributed by atoms with Crippen LogP contribution in [0.4, 0.5) is 21.9 Å². The number of nitrogens with two attached hydrogens (primary N) is 1. The number of para-hydroxylation sites is 1. The van der Waals surface area contributed by atoms with Crippen molar-refractivity contribution >= 4 is 29.1 Å². The van der Waals surface area contributed by atoms with Crippen molar-refractivity contribution in [3.63, 3.8) is 0 Å². The fraction of sp³-hybridized carbons (Fsp3) is 0.222. The van der Waals surface area contributed by atoms with Crippen molar-refractivity contribution in [2.45, 2.75) is 26.4 Å². The van der Waals surface area contributed by atoms with Crippen LogP contribution in [0.2, 0.25) is 0 Å². The van der Waals surface area contributed by atoms with Crippen LogP contribution in [0.3, 0.4) is 0 Å². The minimum absolute atomic E-state index is 0.291. The molecule has 2 aromatic carbocycles. The fourth-order valence-corrected chi connectivity index (χ4v) is 1.96. The highest BCUT2D eigenvalue weighted by Gasteiger charge is 2.16. The lowest BCUT2D eigenvalue weighted by Crippen LogP contribution is -2.27. The number of ether oxygens (including phenoxy) is 1. The summed E-state index contributed by atoms with van der Waals surface area (Å²) in [5.41, 5.74) is 7.21. The van der Waals surface area contributed by atoms with Crippen molar-refractivity contribution < 1.29 is 14.3 Å². The summed E-state index contributed by atoms with van der Waals surface area (Å²) in [6.07, 6.45) is -0.531. The molecule has 0 radical (unpaired) electrons. The molecule has 0 spiro atoms. The van der Waals surface area contributed by atoms with Crippen LogP contribution in [0.25, 0.3) is 0 Å². The van der Waals surface area contributed by atoms with Gasteiger partial charge in [-0.25, -0.2) is 4.79 Å². The molecule has 0 bridgehead atoms. The molecule has 6 heteroatoms.